The van der Waals surface area contributed by atoms with E-state index in [2.05, 4.69) is 9.88 Å². The van der Waals surface area contributed by atoms with Crippen molar-refractivity contribution in [3.05, 3.63) is 50.9 Å². The molecule has 2 aliphatic rings. The predicted octanol–water partition coefficient (Wildman–Crippen LogP) is 5.41. The third-order valence-electron chi connectivity index (χ3n) is 6.46. The molecule has 2 aromatic carbocycles. The van der Waals surface area contributed by atoms with E-state index < -0.39 is 11.6 Å². The van der Waals surface area contributed by atoms with E-state index >= 15 is 4.39 Å². The van der Waals surface area contributed by atoms with Crippen molar-refractivity contribution >= 4 is 40.1 Å². The monoisotopic (exact) mass is 491 g/mol. The molecule has 0 aliphatic carbocycles. The number of aromatic nitrogens is 2. The average molecular weight is 492 g/mol. The third-order valence-corrected chi connectivity index (χ3v) is 7.98. The molecule has 0 bridgehead atoms. The summed E-state index contributed by atoms with van der Waals surface area (Å²) in [5.74, 6) is -0.236. The highest BCUT2D eigenvalue weighted by atomic mass is 35.5. The van der Waals surface area contributed by atoms with Gasteiger partial charge in [0.1, 0.15) is 17.5 Å². The quantitative estimate of drug-likeness (QED) is 0.458. The first-order valence-corrected chi connectivity index (χ1v) is 12.4. The highest BCUT2D eigenvalue weighted by molar-refractivity contribution is 7.99. The minimum Gasteiger partial charge on any atom is -0.379 e. The van der Waals surface area contributed by atoms with Crippen LogP contribution in [0.1, 0.15) is 24.8 Å². The Labute approximate surface area is 199 Å². The van der Waals surface area contributed by atoms with Crippen molar-refractivity contribution in [1.29, 1.82) is 0 Å². The zero-order chi connectivity index (χ0) is 23.3. The van der Waals surface area contributed by atoms with Crippen LogP contribution < -0.4 is 10.6 Å². The third kappa shape index (κ3) is 3.92. The molecule has 0 saturated carbocycles. The van der Waals surface area contributed by atoms with Crippen molar-refractivity contribution in [3.63, 3.8) is 0 Å². The van der Waals surface area contributed by atoms with Gasteiger partial charge in [0.2, 0.25) is 0 Å². The van der Waals surface area contributed by atoms with Crippen LogP contribution in [-0.2, 0) is 11.3 Å². The van der Waals surface area contributed by atoms with E-state index in [1.165, 1.54) is 17.8 Å². The van der Waals surface area contributed by atoms with Crippen LogP contribution in [0.5, 0.6) is 0 Å². The Morgan fingerprint density at radius 2 is 1.91 bits per heavy atom. The summed E-state index contributed by atoms with van der Waals surface area (Å²) in [6.45, 7) is 3.94. The fourth-order valence-electron chi connectivity index (χ4n) is 4.80. The van der Waals surface area contributed by atoms with E-state index in [9.17, 15) is 9.18 Å². The van der Waals surface area contributed by atoms with E-state index in [-0.39, 0.29) is 22.4 Å². The molecule has 3 heterocycles. The van der Waals surface area contributed by atoms with E-state index in [1.54, 1.807) is 11.7 Å². The van der Waals surface area contributed by atoms with E-state index in [4.69, 9.17) is 16.3 Å². The van der Waals surface area contributed by atoms with Crippen molar-refractivity contribution in [1.82, 2.24) is 9.55 Å². The maximum absolute atomic E-state index is 15.0. The van der Waals surface area contributed by atoms with Crippen LogP contribution in [0.15, 0.2) is 27.9 Å². The first-order chi connectivity index (χ1) is 15.9. The Hall–Kier alpha value is -2.16. The van der Waals surface area contributed by atoms with Gasteiger partial charge in [-0.15, -0.1) is 11.8 Å². The summed E-state index contributed by atoms with van der Waals surface area (Å²) in [6, 6.07) is 4.10. The summed E-state index contributed by atoms with van der Waals surface area (Å²) in [7, 11) is 1.62. The molecule has 3 aromatic rings. The summed E-state index contributed by atoms with van der Waals surface area (Å²) < 4.78 is 36.2. The van der Waals surface area contributed by atoms with Gasteiger partial charge in [0.15, 0.2) is 0 Å². The molecule has 5 nitrogen and oxygen atoms in total. The molecule has 0 spiro atoms. The van der Waals surface area contributed by atoms with Crippen molar-refractivity contribution in [3.8, 4) is 11.1 Å². The highest BCUT2D eigenvalue weighted by Gasteiger charge is 2.28. The summed E-state index contributed by atoms with van der Waals surface area (Å²) in [5.41, 5.74) is 2.02. The van der Waals surface area contributed by atoms with Gasteiger partial charge in [-0.1, -0.05) is 11.6 Å². The highest BCUT2D eigenvalue weighted by Crippen LogP contribution is 2.45. The lowest BCUT2D eigenvalue weighted by molar-refractivity contribution is 0.107. The van der Waals surface area contributed by atoms with Gasteiger partial charge in [-0.3, -0.25) is 4.57 Å². The second-order valence-electron chi connectivity index (χ2n) is 8.58. The van der Waals surface area contributed by atoms with Crippen LogP contribution in [-0.4, -0.2) is 41.6 Å². The first kappa shape index (κ1) is 22.6. The molecule has 9 heteroatoms. The maximum Gasteiger partial charge on any atom is 0.350 e. The molecule has 0 amide bonds. The summed E-state index contributed by atoms with van der Waals surface area (Å²) >= 11 is 7.56. The zero-order valence-electron chi connectivity index (χ0n) is 18.5. The van der Waals surface area contributed by atoms with Crippen LogP contribution in [0.3, 0.4) is 0 Å². The van der Waals surface area contributed by atoms with Crippen LogP contribution in [0.4, 0.5) is 14.6 Å². The molecule has 0 radical (unpaired) electrons. The number of hydrogen-bond donors (Lipinski definition) is 0. The number of anilines is 1. The molecule has 33 heavy (non-hydrogen) atoms. The van der Waals surface area contributed by atoms with Gasteiger partial charge in [0.05, 0.1) is 23.2 Å². The van der Waals surface area contributed by atoms with Crippen LogP contribution in [0.2, 0.25) is 5.02 Å². The molecule has 0 unspecified atom stereocenters. The smallest absolute Gasteiger partial charge is 0.350 e. The lowest BCUT2D eigenvalue weighted by atomic mass is 9.97. The number of piperidine rings is 1. The van der Waals surface area contributed by atoms with E-state index in [0.29, 0.717) is 23.7 Å². The number of methoxy groups -OCH3 is 1. The van der Waals surface area contributed by atoms with Crippen molar-refractivity contribution < 1.29 is 13.5 Å². The Morgan fingerprint density at radius 1 is 1.15 bits per heavy atom. The number of thioether (sulfide) groups is 1. The Morgan fingerprint density at radius 3 is 2.64 bits per heavy atom. The topological polar surface area (TPSA) is 47.4 Å². The van der Waals surface area contributed by atoms with Gasteiger partial charge in [-0.2, -0.15) is 4.98 Å². The van der Waals surface area contributed by atoms with Gasteiger partial charge in [-0.05, 0) is 43.9 Å². The van der Waals surface area contributed by atoms with Gasteiger partial charge >= 0.3 is 5.69 Å². The van der Waals surface area contributed by atoms with Crippen LogP contribution in [0, 0.1) is 18.6 Å². The predicted molar refractivity (Wildman–Crippen MR) is 129 cm³/mol. The summed E-state index contributed by atoms with van der Waals surface area (Å²) in [5, 5.41) is 0.721. The second-order valence-corrected chi connectivity index (χ2v) is 10.0. The van der Waals surface area contributed by atoms with E-state index in [0.717, 1.165) is 59.8 Å². The molecule has 2 aliphatic heterocycles. The average Bonchev–Trinajstić information content (AvgIpc) is 3.00. The Balaban J connectivity index is 1.85. The first-order valence-electron chi connectivity index (χ1n) is 11.0. The van der Waals surface area contributed by atoms with Gasteiger partial charge < -0.3 is 9.64 Å². The SMILES string of the molecule is CO[C@H]1CSc2c(-c3cc(Cl)c(F)cc3F)c(C)cc3c(N4CCCCC4)nc(=O)n(c23)C1. The van der Waals surface area contributed by atoms with Gasteiger partial charge in [-0.25, -0.2) is 13.6 Å². The number of nitrogens with zero attached hydrogens (tertiary/aromatic N) is 3. The molecule has 1 saturated heterocycles. The number of benzene rings is 2. The molecule has 174 valence electrons. The normalized spacial score (nSPS) is 18.6. The summed E-state index contributed by atoms with van der Waals surface area (Å²) in [6.07, 6.45) is 3.06. The largest absolute Gasteiger partial charge is 0.379 e. The lowest BCUT2D eigenvalue weighted by Crippen LogP contribution is -2.35. The molecule has 1 aromatic heterocycles. The lowest BCUT2D eigenvalue weighted by Gasteiger charge is -2.29. The van der Waals surface area contributed by atoms with Crippen molar-refractivity contribution in [2.75, 3.05) is 30.9 Å². The van der Waals surface area contributed by atoms with E-state index in [1.807, 2.05) is 13.0 Å². The van der Waals surface area contributed by atoms with Crippen LogP contribution in [0.25, 0.3) is 22.0 Å². The molecular weight excluding hydrogens is 468 g/mol. The molecule has 0 N–H and O–H groups in total. The minimum absolute atomic E-state index is 0.146. The van der Waals surface area contributed by atoms with Crippen molar-refractivity contribution in [2.24, 2.45) is 0 Å². The number of ether oxygens (including phenoxy) is 1. The number of halogens is 3. The van der Waals surface area contributed by atoms with Gasteiger partial charge in [0.25, 0.3) is 0 Å². The molecule has 1 atom stereocenters. The molecule has 1 fully saturated rings. The zero-order valence-corrected chi connectivity index (χ0v) is 20.0. The molecule has 5 rings (SSSR count). The fourth-order valence-corrected chi connectivity index (χ4v) is 6.33. The standard InChI is InChI=1S/C24H24ClF2N3O2S/c1-13-8-16-21-22(20(13)15-9-17(25)19(27)10-18(15)26)33-12-14(32-2)11-30(21)24(31)28-23(16)29-6-4-3-5-7-29/h8-10,14H,3-7,11-12H2,1-2H3/t14-/m1/s1. The maximum atomic E-state index is 15.0. The molecular formula is C24H24ClF2N3O2S. The summed E-state index contributed by atoms with van der Waals surface area (Å²) in [4.78, 5) is 20.7. The second kappa shape index (κ2) is 8.89. The fraction of sp³-hybridized carbons (Fsp3) is 0.417. The number of hydrogen-bond acceptors (Lipinski definition) is 5. The number of rotatable bonds is 3. The Bertz CT molecular complexity index is 1310. The minimum atomic E-state index is -0.803. The number of aryl methyl sites for hydroxylation is 1. The van der Waals surface area contributed by atoms with Crippen LogP contribution >= 0.6 is 23.4 Å². The Kier molecular flexibility index (Phi) is 6.09. The van der Waals surface area contributed by atoms with Gasteiger partial charge in [0, 0.05) is 53.4 Å². The van der Waals surface area contributed by atoms with Crippen molar-refractivity contribution in [2.45, 2.75) is 43.7 Å².